The van der Waals surface area contributed by atoms with Crippen molar-refractivity contribution in [1.29, 1.82) is 0 Å². The van der Waals surface area contributed by atoms with Crippen molar-refractivity contribution in [3.05, 3.63) is 52.1 Å². The van der Waals surface area contributed by atoms with Crippen molar-refractivity contribution in [2.75, 3.05) is 5.32 Å². The van der Waals surface area contributed by atoms with E-state index in [0.717, 1.165) is 0 Å². The summed E-state index contributed by atoms with van der Waals surface area (Å²) in [5, 5.41) is 2.54. The zero-order valence-electron chi connectivity index (χ0n) is 9.53. The monoisotopic (exact) mass is 299 g/mol. The van der Waals surface area contributed by atoms with Gasteiger partial charge in [-0.3, -0.25) is 4.79 Å². The third-order valence-electron chi connectivity index (χ3n) is 2.31. The van der Waals surface area contributed by atoms with Gasteiger partial charge in [0.2, 0.25) is 5.91 Å². The summed E-state index contributed by atoms with van der Waals surface area (Å²) in [4.78, 5) is 19.2. The SMILES string of the molecule is O=C(Cc1ccccc1F)Nc1ncnc(Cl)c1Cl. The maximum Gasteiger partial charge on any atom is 0.230 e. The zero-order chi connectivity index (χ0) is 13.8. The fourth-order valence-corrected chi connectivity index (χ4v) is 1.70. The number of carbonyl (C=O) groups is 1. The van der Waals surface area contributed by atoms with E-state index in [2.05, 4.69) is 15.3 Å². The van der Waals surface area contributed by atoms with Gasteiger partial charge in [0.1, 0.15) is 17.2 Å². The van der Waals surface area contributed by atoms with E-state index in [9.17, 15) is 9.18 Å². The van der Waals surface area contributed by atoms with Crippen LogP contribution in [0, 0.1) is 5.82 Å². The molecule has 0 saturated carbocycles. The van der Waals surface area contributed by atoms with Crippen LogP contribution in [-0.2, 0) is 11.2 Å². The summed E-state index contributed by atoms with van der Waals surface area (Å²) < 4.78 is 13.4. The molecular formula is C12H8Cl2FN3O. The van der Waals surface area contributed by atoms with Crippen LogP contribution in [0.25, 0.3) is 0 Å². The van der Waals surface area contributed by atoms with Gasteiger partial charge >= 0.3 is 0 Å². The topological polar surface area (TPSA) is 54.9 Å². The van der Waals surface area contributed by atoms with E-state index >= 15 is 0 Å². The van der Waals surface area contributed by atoms with Crippen LogP contribution in [0.15, 0.2) is 30.6 Å². The van der Waals surface area contributed by atoms with Gasteiger partial charge in [-0.1, -0.05) is 41.4 Å². The Kier molecular flexibility index (Phi) is 4.29. The Labute approximate surface area is 118 Å². The number of halogens is 3. The van der Waals surface area contributed by atoms with Crippen LogP contribution in [0.4, 0.5) is 10.2 Å². The number of aromatic nitrogens is 2. The minimum atomic E-state index is -0.443. The van der Waals surface area contributed by atoms with Crippen molar-refractivity contribution >= 4 is 34.9 Å². The molecule has 0 atom stereocenters. The quantitative estimate of drug-likeness (QED) is 0.886. The highest BCUT2D eigenvalue weighted by Gasteiger charge is 2.12. The summed E-state index contributed by atoms with van der Waals surface area (Å²) in [6.07, 6.45) is 1.05. The summed E-state index contributed by atoms with van der Waals surface area (Å²) in [7, 11) is 0. The van der Waals surface area contributed by atoms with E-state index in [1.165, 1.54) is 18.5 Å². The molecule has 1 heterocycles. The number of benzene rings is 1. The van der Waals surface area contributed by atoms with Crippen LogP contribution in [0.3, 0.4) is 0 Å². The van der Waals surface area contributed by atoms with E-state index in [0.29, 0.717) is 0 Å². The highest BCUT2D eigenvalue weighted by Crippen LogP contribution is 2.25. The fourth-order valence-electron chi connectivity index (χ4n) is 1.43. The predicted octanol–water partition coefficient (Wildman–Crippen LogP) is 3.10. The molecule has 1 aromatic carbocycles. The minimum absolute atomic E-state index is 0.0397. The summed E-state index contributed by atoms with van der Waals surface area (Å²) in [5.41, 5.74) is 0.288. The zero-order valence-corrected chi connectivity index (χ0v) is 11.0. The Bertz CT molecular complexity index is 622. The molecular weight excluding hydrogens is 292 g/mol. The second kappa shape index (κ2) is 5.95. The van der Waals surface area contributed by atoms with Crippen molar-refractivity contribution in [1.82, 2.24) is 9.97 Å². The van der Waals surface area contributed by atoms with E-state index in [1.807, 2.05) is 0 Å². The molecule has 2 rings (SSSR count). The second-order valence-electron chi connectivity index (χ2n) is 3.64. The average Bonchev–Trinajstić information content (AvgIpc) is 2.38. The molecule has 98 valence electrons. The molecule has 0 aliphatic rings. The number of hydrogen-bond acceptors (Lipinski definition) is 3. The fraction of sp³-hybridized carbons (Fsp3) is 0.0833. The number of carbonyl (C=O) groups excluding carboxylic acids is 1. The molecule has 1 aromatic heterocycles. The molecule has 4 nitrogen and oxygen atoms in total. The van der Waals surface area contributed by atoms with Crippen LogP contribution in [0.5, 0.6) is 0 Å². The van der Waals surface area contributed by atoms with Crippen molar-refractivity contribution in [3.8, 4) is 0 Å². The predicted molar refractivity (Wildman–Crippen MR) is 70.8 cm³/mol. The van der Waals surface area contributed by atoms with Crippen LogP contribution in [0.1, 0.15) is 5.56 Å². The number of hydrogen-bond donors (Lipinski definition) is 1. The molecule has 0 radical (unpaired) electrons. The molecule has 0 unspecified atom stereocenters. The second-order valence-corrected chi connectivity index (χ2v) is 4.38. The lowest BCUT2D eigenvalue weighted by Crippen LogP contribution is -2.16. The van der Waals surface area contributed by atoms with Gasteiger partial charge in [0, 0.05) is 0 Å². The van der Waals surface area contributed by atoms with E-state index < -0.39 is 11.7 Å². The molecule has 7 heteroatoms. The molecule has 19 heavy (non-hydrogen) atoms. The highest BCUT2D eigenvalue weighted by atomic mass is 35.5. The smallest absolute Gasteiger partial charge is 0.230 e. The Morgan fingerprint density at radius 3 is 2.74 bits per heavy atom. The third kappa shape index (κ3) is 3.39. The highest BCUT2D eigenvalue weighted by molar-refractivity contribution is 6.42. The summed E-state index contributed by atoms with van der Waals surface area (Å²) in [6.45, 7) is 0. The number of amides is 1. The third-order valence-corrected chi connectivity index (χ3v) is 3.05. The van der Waals surface area contributed by atoms with Gasteiger partial charge in [0.05, 0.1) is 6.42 Å². The largest absolute Gasteiger partial charge is 0.309 e. The molecule has 1 N–H and O–H groups in total. The molecule has 0 fully saturated rings. The van der Waals surface area contributed by atoms with Gasteiger partial charge in [0.25, 0.3) is 0 Å². The summed E-state index contributed by atoms with van der Waals surface area (Å²) in [6, 6.07) is 6.03. The van der Waals surface area contributed by atoms with Gasteiger partial charge < -0.3 is 5.32 Å². The molecule has 0 aliphatic heterocycles. The molecule has 2 aromatic rings. The first-order valence-corrected chi connectivity index (χ1v) is 6.03. The normalized spacial score (nSPS) is 10.3. The van der Waals surface area contributed by atoms with Crippen LogP contribution in [0.2, 0.25) is 10.2 Å². The first-order chi connectivity index (χ1) is 9.08. The summed E-state index contributed by atoms with van der Waals surface area (Å²) in [5.74, 6) is -0.783. The Morgan fingerprint density at radius 1 is 1.26 bits per heavy atom. The van der Waals surface area contributed by atoms with Gasteiger partial charge in [-0.15, -0.1) is 0 Å². The first kappa shape index (κ1) is 13.7. The molecule has 0 aliphatic carbocycles. The number of nitrogens with zero attached hydrogens (tertiary/aromatic N) is 2. The molecule has 1 amide bonds. The van der Waals surface area contributed by atoms with Gasteiger partial charge in [-0.2, -0.15) is 0 Å². The van der Waals surface area contributed by atoms with Crippen molar-refractivity contribution < 1.29 is 9.18 Å². The van der Waals surface area contributed by atoms with Crippen molar-refractivity contribution in [2.24, 2.45) is 0 Å². The standard InChI is InChI=1S/C12H8Cl2FN3O/c13-10-11(14)16-6-17-12(10)18-9(19)5-7-3-1-2-4-8(7)15/h1-4,6H,5H2,(H,16,17,18,19). The van der Waals surface area contributed by atoms with E-state index in [4.69, 9.17) is 23.2 Å². The molecule has 0 saturated heterocycles. The van der Waals surface area contributed by atoms with Gasteiger partial charge in [-0.05, 0) is 11.6 Å². The Balaban J connectivity index is 2.10. The lowest BCUT2D eigenvalue weighted by atomic mass is 10.1. The number of rotatable bonds is 3. The maximum absolute atomic E-state index is 13.4. The van der Waals surface area contributed by atoms with E-state index in [-0.39, 0.29) is 28.0 Å². The van der Waals surface area contributed by atoms with Crippen LogP contribution in [-0.4, -0.2) is 15.9 Å². The number of anilines is 1. The first-order valence-electron chi connectivity index (χ1n) is 5.27. The van der Waals surface area contributed by atoms with Gasteiger partial charge in [0.15, 0.2) is 11.0 Å². The minimum Gasteiger partial charge on any atom is -0.309 e. The average molecular weight is 300 g/mol. The van der Waals surface area contributed by atoms with Crippen molar-refractivity contribution in [2.45, 2.75) is 6.42 Å². The lowest BCUT2D eigenvalue weighted by Gasteiger charge is -2.07. The number of nitrogens with one attached hydrogen (secondary N) is 1. The van der Waals surface area contributed by atoms with E-state index in [1.54, 1.807) is 12.1 Å². The Hall–Kier alpha value is -1.72. The van der Waals surface area contributed by atoms with Gasteiger partial charge in [-0.25, -0.2) is 14.4 Å². The lowest BCUT2D eigenvalue weighted by molar-refractivity contribution is -0.115. The molecule has 0 spiro atoms. The molecule has 0 bridgehead atoms. The van der Waals surface area contributed by atoms with Crippen molar-refractivity contribution in [3.63, 3.8) is 0 Å². The maximum atomic E-state index is 13.4. The van der Waals surface area contributed by atoms with Crippen LogP contribution < -0.4 is 5.32 Å². The Morgan fingerprint density at radius 2 is 2.00 bits per heavy atom. The summed E-state index contributed by atoms with van der Waals surface area (Å²) >= 11 is 11.5. The van der Waals surface area contributed by atoms with Crippen LogP contribution >= 0.6 is 23.2 Å².